The maximum atomic E-state index is 4.68. The first-order valence-electron chi connectivity index (χ1n) is 17.6. The first kappa shape index (κ1) is 34.0. The SMILES string of the molecule is Cc1ccc(-c2cc(-c3cccc(-c4ccccc4)c3)nc(C)n2)cc1.Cc1cccc(-c2cc(-c3cccc(-c4ccccc4)c3)nc(C)n2)c1. The number of hydrogen-bond acceptors (Lipinski definition) is 4. The molecule has 0 fully saturated rings. The molecule has 8 aromatic rings. The van der Waals surface area contributed by atoms with E-state index in [1.807, 2.05) is 26.0 Å². The van der Waals surface area contributed by atoms with Crippen LogP contribution < -0.4 is 0 Å². The van der Waals surface area contributed by atoms with Gasteiger partial charge >= 0.3 is 0 Å². The fourth-order valence-corrected chi connectivity index (χ4v) is 6.23. The van der Waals surface area contributed by atoms with Gasteiger partial charge < -0.3 is 0 Å². The molecule has 6 aromatic carbocycles. The van der Waals surface area contributed by atoms with Crippen LogP contribution in [0.25, 0.3) is 67.3 Å². The molecular weight excluding hydrogens is 633 g/mol. The normalized spacial score (nSPS) is 10.7. The van der Waals surface area contributed by atoms with E-state index in [4.69, 9.17) is 0 Å². The average Bonchev–Trinajstić information content (AvgIpc) is 3.19. The molecule has 0 aliphatic rings. The van der Waals surface area contributed by atoms with Gasteiger partial charge in [-0.15, -0.1) is 0 Å². The van der Waals surface area contributed by atoms with E-state index in [0.717, 1.165) is 56.7 Å². The van der Waals surface area contributed by atoms with E-state index >= 15 is 0 Å². The van der Waals surface area contributed by atoms with Gasteiger partial charge in [0.2, 0.25) is 0 Å². The maximum Gasteiger partial charge on any atom is 0.126 e. The lowest BCUT2D eigenvalue weighted by molar-refractivity contribution is 1.06. The van der Waals surface area contributed by atoms with Crippen LogP contribution >= 0.6 is 0 Å². The van der Waals surface area contributed by atoms with Crippen LogP contribution in [0.4, 0.5) is 0 Å². The van der Waals surface area contributed by atoms with Crippen molar-refractivity contribution in [2.75, 3.05) is 0 Å². The minimum Gasteiger partial charge on any atom is -0.233 e. The molecule has 52 heavy (non-hydrogen) atoms. The van der Waals surface area contributed by atoms with Crippen LogP contribution in [0.15, 0.2) is 170 Å². The van der Waals surface area contributed by atoms with Crippen LogP contribution in [0.3, 0.4) is 0 Å². The molecule has 4 nitrogen and oxygen atoms in total. The summed E-state index contributed by atoms with van der Waals surface area (Å²) in [4.78, 5) is 18.6. The van der Waals surface area contributed by atoms with E-state index in [2.05, 4.69) is 192 Å². The third-order valence-corrected chi connectivity index (χ3v) is 8.87. The fourth-order valence-electron chi connectivity index (χ4n) is 6.23. The van der Waals surface area contributed by atoms with Crippen molar-refractivity contribution in [3.05, 3.63) is 193 Å². The first-order valence-corrected chi connectivity index (χ1v) is 17.6. The van der Waals surface area contributed by atoms with Gasteiger partial charge in [0.15, 0.2) is 0 Å². The second kappa shape index (κ2) is 15.6. The maximum absolute atomic E-state index is 4.68. The number of hydrogen-bond donors (Lipinski definition) is 0. The zero-order valence-corrected chi connectivity index (χ0v) is 30.0. The summed E-state index contributed by atoms with van der Waals surface area (Å²) in [6, 6.07) is 58.9. The molecule has 0 saturated carbocycles. The molecule has 252 valence electrons. The standard InChI is InChI=1S/2C24H20N2/c1-17-8-6-12-21(14-17)23-16-24(26-18(2)25-23)22-13-7-11-20(15-22)19-9-4-3-5-10-19;1-17-11-13-20(14-12-17)23-16-24(26-18(2)25-23)22-10-6-9-21(15-22)19-7-4-3-5-8-19/h2*3-16H,1-2H3. The number of nitrogens with zero attached hydrogens (tertiary/aromatic N) is 4. The highest BCUT2D eigenvalue weighted by Gasteiger charge is 2.10. The summed E-state index contributed by atoms with van der Waals surface area (Å²) >= 11 is 0. The van der Waals surface area contributed by atoms with E-state index in [1.165, 1.54) is 33.4 Å². The van der Waals surface area contributed by atoms with Gasteiger partial charge in [-0.3, -0.25) is 0 Å². The highest BCUT2D eigenvalue weighted by Crippen LogP contribution is 2.30. The fraction of sp³-hybridized carbons (Fsp3) is 0.0833. The summed E-state index contributed by atoms with van der Waals surface area (Å²) in [5, 5.41) is 0. The smallest absolute Gasteiger partial charge is 0.126 e. The van der Waals surface area contributed by atoms with Crippen LogP contribution in [-0.4, -0.2) is 19.9 Å². The third-order valence-electron chi connectivity index (χ3n) is 8.87. The summed E-state index contributed by atoms with van der Waals surface area (Å²) in [6.07, 6.45) is 0. The van der Waals surface area contributed by atoms with Gasteiger partial charge in [-0.1, -0.05) is 151 Å². The summed E-state index contributed by atoms with van der Waals surface area (Å²) in [7, 11) is 0. The quantitative estimate of drug-likeness (QED) is 0.176. The van der Waals surface area contributed by atoms with E-state index < -0.39 is 0 Å². The Morgan fingerprint density at radius 1 is 0.250 bits per heavy atom. The second-order valence-corrected chi connectivity index (χ2v) is 13.0. The molecular formula is C48H40N4. The molecule has 0 aliphatic carbocycles. The van der Waals surface area contributed by atoms with Gasteiger partial charge in [0.1, 0.15) is 11.6 Å². The lowest BCUT2D eigenvalue weighted by Gasteiger charge is -2.09. The first-order chi connectivity index (χ1) is 25.4. The molecule has 2 heterocycles. The van der Waals surface area contributed by atoms with Crippen LogP contribution in [0.2, 0.25) is 0 Å². The molecule has 0 radical (unpaired) electrons. The van der Waals surface area contributed by atoms with Crippen LogP contribution in [0.5, 0.6) is 0 Å². The van der Waals surface area contributed by atoms with Crippen LogP contribution in [0, 0.1) is 27.7 Å². The Balaban J connectivity index is 0.000000162. The Morgan fingerprint density at radius 2 is 0.615 bits per heavy atom. The Bertz CT molecular complexity index is 2440. The minimum absolute atomic E-state index is 0.781. The van der Waals surface area contributed by atoms with Gasteiger partial charge in [0.25, 0.3) is 0 Å². The zero-order chi connectivity index (χ0) is 35.9. The molecule has 8 rings (SSSR count). The Morgan fingerprint density at radius 3 is 1.06 bits per heavy atom. The second-order valence-electron chi connectivity index (χ2n) is 13.0. The van der Waals surface area contributed by atoms with E-state index in [9.17, 15) is 0 Å². The molecule has 0 N–H and O–H groups in total. The number of benzene rings is 6. The van der Waals surface area contributed by atoms with Crippen molar-refractivity contribution < 1.29 is 0 Å². The van der Waals surface area contributed by atoms with Crippen molar-refractivity contribution in [1.82, 2.24) is 19.9 Å². The van der Waals surface area contributed by atoms with Gasteiger partial charge in [-0.25, -0.2) is 19.9 Å². The summed E-state index contributed by atoms with van der Waals surface area (Å²) < 4.78 is 0. The monoisotopic (exact) mass is 672 g/mol. The molecule has 0 amide bonds. The van der Waals surface area contributed by atoms with E-state index in [-0.39, 0.29) is 0 Å². The largest absolute Gasteiger partial charge is 0.233 e. The summed E-state index contributed by atoms with van der Waals surface area (Å²) in [5.74, 6) is 1.56. The molecule has 0 unspecified atom stereocenters. The van der Waals surface area contributed by atoms with Crippen molar-refractivity contribution in [1.29, 1.82) is 0 Å². The van der Waals surface area contributed by atoms with Crippen molar-refractivity contribution >= 4 is 0 Å². The zero-order valence-electron chi connectivity index (χ0n) is 30.0. The predicted octanol–water partition coefficient (Wildman–Crippen LogP) is 12.2. The lowest BCUT2D eigenvalue weighted by atomic mass is 10.0. The predicted molar refractivity (Wildman–Crippen MR) is 216 cm³/mol. The molecule has 2 aromatic heterocycles. The van der Waals surface area contributed by atoms with Crippen molar-refractivity contribution in [2.45, 2.75) is 27.7 Å². The molecule has 0 spiro atoms. The van der Waals surface area contributed by atoms with Crippen LogP contribution in [-0.2, 0) is 0 Å². The minimum atomic E-state index is 0.781. The van der Waals surface area contributed by atoms with Crippen molar-refractivity contribution in [3.8, 4) is 67.3 Å². The Labute approximate surface area is 306 Å². The summed E-state index contributed by atoms with van der Waals surface area (Å²) in [6.45, 7) is 8.09. The number of rotatable bonds is 6. The van der Waals surface area contributed by atoms with Gasteiger partial charge in [0, 0.05) is 22.3 Å². The Kier molecular flexibility index (Phi) is 10.2. The van der Waals surface area contributed by atoms with E-state index in [0.29, 0.717) is 0 Å². The van der Waals surface area contributed by atoms with Gasteiger partial charge in [-0.05, 0) is 80.3 Å². The summed E-state index contributed by atoms with van der Waals surface area (Å²) in [5.41, 5.74) is 15.5. The van der Waals surface area contributed by atoms with E-state index in [1.54, 1.807) is 0 Å². The number of aryl methyl sites for hydroxylation is 4. The number of aromatic nitrogens is 4. The molecule has 0 bridgehead atoms. The average molecular weight is 673 g/mol. The molecule has 0 saturated heterocycles. The van der Waals surface area contributed by atoms with Crippen LogP contribution in [0.1, 0.15) is 22.8 Å². The van der Waals surface area contributed by atoms with Gasteiger partial charge in [0.05, 0.1) is 22.8 Å². The topological polar surface area (TPSA) is 51.6 Å². The lowest BCUT2D eigenvalue weighted by Crippen LogP contribution is -1.95. The molecule has 0 atom stereocenters. The molecule has 0 aliphatic heterocycles. The van der Waals surface area contributed by atoms with Gasteiger partial charge in [-0.2, -0.15) is 0 Å². The Hall–Kier alpha value is -6.52. The highest BCUT2D eigenvalue weighted by molar-refractivity contribution is 5.75. The third kappa shape index (κ3) is 8.26. The van der Waals surface area contributed by atoms with Crippen molar-refractivity contribution in [3.63, 3.8) is 0 Å². The molecule has 4 heteroatoms. The van der Waals surface area contributed by atoms with Crippen molar-refractivity contribution in [2.24, 2.45) is 0 Å². The highest BCUT2D eigenvalue weighted by atomic mass is 14.9.